The number of rotatable bonds is 5. The van der Waals surface area contributed by atoms with Crippen LogP contribution in [-0.2, 0) is 0 Å². The standard InChI is InChI=1S/C21H16N2O5/c1-4-14(20-23-15-7-5-6-12(2)18(15)21(24)28-20)19(22-3)27-13-8-9-16-17(10-13)26-11-25-16/h4-10H,1,3,11H2,2H3/b19-14-. The lowest BCUT2D eigenvalue weighted by Crippen LogP contribution is -2.07. The quantitative estimate of drug-likeness (QED) is 0.382. The first-order chi connectivity index (χ1) is 13.6. The van der Waals surface area contributed by atoms with Crippen molar-refractivity contribution in [1.29, 1.82) is 0 Å². The number of hydrogen-bond donors (Lipinski definition) is 0. The summed E-state index contributed by atoms with van der Waals surface area (Å²) in [6.45, 7) is 9.28. The highest BCUT2D eigenvalue weighted by atomic mass is 16.7. The third-order valence-corrected chi connectivity index (χ3v) is 4.23. The van der Waals surface area contributed by atoms with Gasteiger partial charge in [0.25, 0.3) is 0 Å². The molecule has 1 aliphatic rings. The number of aryl methyl sites for hydroxylation is 1. The van der Waals surface area contributed by atoms with Crippen LogP contribution in [0.2, 0.25) is 0 Å². The Balaban J connectivity index is 1.80. The molecule has 7 nitrogen and oxygen atoms in total. The summed E-state index contributed by atoms with van der Waals surface area (Å²) < 4.78 is 21.9. The molecule has 1 aromatic heterocycles. The third-order valence-electron chi connectivity index (χ3n) is 4.23. The number of allylic oxidation sites excluding steroid dienone is 2. The minimum Gasteiger partial charge on any atom is -0.454 e. The lowest BCUT2D eigenvalue weighted by atomic mass is 10.1. The van der Waals surface area contributed by atoms with Gasteiger partial charge in [-0.1, -0.05) is 24.8 Å². The number of hydrogen-bond acceptors (Lipinski definition) is 7. The zero-order valence-electron chi connectivity index (χ0n) is 15.1. The van der Waals surface area contributed by atoms with Crippen LogP contribution in [0, 0.1) is 6.92 Å². The number of benzene rings is 2. The van der Waals surface area contributed by atoms with Crippen molar-refractivity contribution in [3.8, 4) is 17.2 Å². The van der Waals surface area contributed by atoms with Crippen molar-refractivity contribution in [1.82, 2.24) is 4.98 Å². The minimum absolute atomic E-state index is 0.0428. The molecule has 2 heterocycles. The van der Waals surface area contributed by atoms with E-state index < -0.39 is 5.63 Å². The molecular formula is C21H16N2O5. The van der Waals surface area contributed by atoms with Gasteiger partial charge >= 0.3 is 5.63 Å². The van der Waals surface area contributed by atoms with Crippen molar-refractivity contribution in [2.24, 2.45) is 4.99 Å². The molecule has 1 aliphatic heterocycles. The fourth-order valence-corrected chi connectivity index (χ4v) is 2.89. The van der Waals surface area contributed by atoms with E-state index in [0.717, 1.165) is 5.56 Å². The molecule has 3 aromatic rings. The molecule has 7 heteroatoms. The molecule has 2 aromatic carbocycles. The lowest BCUT2D eigenvalue weighted by Gasteiger charge is -2.10. The zero-order valence-corrected chi connectivity index (χ0v) is 15.1. The topological polar surface area (TPSA) is 83.1 Å². The largest absolute Gasteiger partial charge is 0.454 e. The SMILES string of the molecule is C=C/C(=C(\N=C)Oc1ccc2c(c1)OCO2)c1nc2cccc(C)c2c(=O)o1. The Kier molecular flexibility index (Phi) is 4.41. The number of aromatic nitrogens is 1. The average Bonchev–Trinajstić information content (AvgIpc) is 3.15. The Morgan fingerprint density at radius 3 is 2.86 bits per heavy atom. The van der Waals surface area contributed by atoms with Gasteiger partial charge in [-0.05, 0) is 37.4 Å². The van der Waals surface area contributed by atoms with Crippen LogP contribution < -0.4 is 19.8 Å². The van der Waals surface area contributed by atoms with Gasteiger partial charge in [0.2, 0.25) is 18.6 Å². The molecule has 0 N–H and O–H groups in total. The van der Waals surface area contributed by atoms with E-state index in [0.29, 0.717) is 33.7 Å². The Hall–Kier alpha value is -3.87. The van der Waals surface area contributed by atoms with Gasteiger partial charge in [-0.25, -0.2) is 14.8 Å². The highest BCUT2D eigenvalue weighted by Crippen LogP contribution is 2.36. The van der Waals surface area contributed by atoms with Gasteiger partial charge in [0.05, 0.1) is 16.5 Å². The maximum Gasteiger partial charge on any atom is 0.347 e. The van der Waals surface area contributed by atoms with Gasteiger partial charge in [-0.15, -0.1) is 0 Å². The van der Waals surface area contributed by atoms with E-state index in [-0.39, 0.29) is 18.6 Å². The summed E-state index contributed by atoms with van der Waals surface area (Å²) >= 11 is 0. The first kappa shape index (κ1) is 17.5. The monoisotopic (exact) mass is 376 g/mol. The molecule has 140 valence electrons. The Morgan fingerprint density at radius 2 is 2.07 bits per heavy atom. The van der Waals surface area contributed by atoms with Crippen LogP contribution in [0.15, 0.2) is 69.1 Å². The molecule has 4 rings (SSSR count). The highest BCUT2D eigenvalue weighted by molar-refractivity contribution is 5.82. The molecule has 28 heavy (non-hydrogen) atoms. The molecule has 0 saturated heterocycles. The zero-order chi connectivity index (χ0) is 19.7. The average molecular weight is 376 g/mol. The molecule has 0 saturated carbocycles. The van der Waals surface area contributed by atoms with Crippen LogP contribution in [0.25, 0.3) is 16.5 Å². The first-order valence-corrected chi connectivity index (χ1v) is 8.42. The normalized spacial score (nSPS) is 13.2. The lowest BCUT2D eigenvalue weighted by molar-refractivity contribution is 0.174. The van der Waals surface area contributed by atoms with E-state index in [1.807, 2.05) is 19.1 Å². The third kappa shape index (κ3) is 3.03. The van der Waals surface area contributed by atoms with Crippen molar-refractivity contribution >= 4 is 23.2 Å². The van der Waals surface area contributed by atoms with E-state index in [9.17, 15) is 4.79 Å². The number of ether oxygens (including phenoxy) is 3. The van der Waals surface area contributed by atoms with Crippen LogP contribution in [0.1, 0.15) is 11.5 Å². The van der Waals surface area contributed by atoms with Gasteiger partial charge in [0.1, 0.15) is 5.75 Å². The molecule has 0 spiro atoms. The fourth-order valence-electron chi connectivity index (χ4n) is 2.89. The van der Waals surface area contributed by atoms with E-state index in [4.69, 9.17) is 18.6 Å². The molecular weight excluding hydrogens is 360 g/mol. The van der Waals surface area contributed by atoms with Crippen molar-refractivity contribution < 1.29 is 18.6 Å². The van der Waals surface area contributed by atoms with Gasteiger partial charge in [0.15, 0.2) is 11.5 Å². The summed E-state index contributed by atoms with van der Waals surface area (Å²) in [5, 5.41) is 0.430. The maximum absolute atomic E-state index is 12.5. The Bertz CT molecular complexity index is 1190. The van der Waals surface area contributed by atoms with Crippen molar-refractivity contribution in [3.63, 3.8) is 0 Å². The van der Waals surface area contributed by atoms with Crippen molar-refractivity contribution in [3.05, 3.63) is 76.8 Å². The molecule has 0 aliphatic carbocycles. The van der Waals surface area contributed by atoms with E-state index in [1.54, 1.807) is 24.3 Å². The summed E-state index contributed by atoms with van der Waals surface area (Å²) in [5.74, 6) is 1.78. The van der Waals surface area contributed by atoms with Gasteiger partial charge in [-0.3, -0.25) is 0 Å². The summed E-state index contributed by atoms with van der Waals surface area (Å²) in [4.78, 5) is 20.8. The molecule has 0 amide bonds. The smallest absolute Gasteiger partial charge is 0.347 e. The van der Waals surface area contributed by atoms with Crippen LogP contribution in [-0.4, -0.2) is 18.5 Å². The van der Waals surface area contributed by atoms with Crippen LogP contribution in [0.3, 0.4) is 0 Å². The van der Waals surface area contributed by atoms with Crippen LogP contribution in [0.4, 0.5) is 0 Å². The second-order valence-electron chi connectivity index (χ2n) is 5.97. The maximum atomic E-state index is 12.5. The number of nitrogens with zero attached hydrogens (tertiary/aromatic N) is 2. The van der Waals surface area contributed by atoms with Gasteiger partial charge < -0.3 is 18.6 Å². The van der Waals surface area contributed by atoms with Crippen molar-refractivity contribution in [2.75, 3.05) is 6.79 Å². The predicted molar refractivity (Wildman–Crippen MR) is 105 cm³/mol. The van der Waals surface area contributed by atoms with E-state index in [2.05, 4.69) is 23.3 Å². The van der Waals surface area contributed by atoms with Crippen LogP contribution >= 0.6 is 0 Å². The fraction of sp³-hybridized carbons (Fsp3) is 0.0952. The summed E-state index contributed by atoms with van der Waals surface area (Å²) in [5.41, 5.74) is 1.10. The summed E-state index contributed by atoms with van der Waals surface area (Å²) in [6, 6.07) is 10.5. The van der Waals surface area contributed by atoms with E-state index >= 15 is 0 Å². The molecule has 0 unspecified atom stereocenters. The molecule has 0 fully saturated rings. The predicted octanol–water partition coefficient (Wildman–Crippen LogP) is 3.86. The van der Waals surface area contributed by atoms with Gasteiger partial charge in [-0.2, -0.15) is 0 Å². The van der Waals surface area contributed by atoms with Crippen LogP contribution in [0.5, 0.6) is 17.2 Å². The second-order valence-corrected chi connectivity index (χ2v) is 5.97. The van der Waals surface area contributed by atoms with Gasteiger partial charge in [0, 0.05) is 6.07 Å². The number of aliphatic imine (C=N–C) groups is 1. The highest BCUT2D eigenvalue weighted by Gasteiger charge is 2.18. The summed E-state index contributed by atoms with van der Waals surface area (Å²) in [7, 11) is 0. The molecule has 0 bridgehead atoms. The summed E-state index contributed by atoms with van der Waals surface area (Å²) in [6.07, 6.45) is 1.45. The first-order valence-electron chi connectivity index (χ1n) is 8.42. The van der Waals surface area contributed by atoms with E-state index in [1.165, 1.54) is 6.08 Å². The minimum atomic E-state index is -0.496. The Labute approximate surface area is 160 Å². The second kappa shape index (κ2) is 7.03. The Morgan fingerprint density at radius 1 is 1.25 bits per heavy atom. The molecule has 0 atom stereocenters. The number of fused-ring (bicyclic) bond motifs is 2. The molecule has 0 radical (unpaired) electrons. The van der Waals surface area contributed by atoms with Crippen molar-refractivity contribution in [2.45, 2.75) is 6.92 Å².